The lowest BCUT2D eigenvalue weighted by atomic mass is 9.95. The van der Waals surface area contributed by atoms with E-state index in [9.17, 15) is 4.79 Å². The van der Waals surface area contributed by atoms with Gasteiger partial charge in [0, 0.05) is 12.5 Å². The highest BCUT2D eigenvalue weighted by molar-refractivity contribution is 5.76. The fraction of sp³-hybridized carbons (Fsp3) is 0.800. The molecule has 2 bridgehead atoms. The van der Waals surface area contributed by atoms with Crippen LogP contribution >= 0.6 is 0 Å². The van der Waals surface area contributed by atoms with Gasteiger partial charge in [-0.05, 0) is 19.3 Å². The number of hydrogen-bond acceptors (Lipinski definition) is 3. The summed E-state index contributed by atoms with van der Waals surface area (Å²) < 4.78 is 0. The van der Waals surface area contributed by atoms with E-state index in [1.807, 2.05) is 11.8 Å². The molecule has 2 aliphatic rings. The first kappa shape index (κ1) is 9.32. The van der Waals surface area contributed by atoms with E-state index in [2.05, 4.69) is 11.5 Å². The topological polar surface area (TPSA) is 56.1 Å². The van der Waals surface area contributed by atoms with Crippen LogP contribution in [0, 0.1) is 11.5 Å². The molecule has 0 radical (unpaired) electrons. The molecule has 76 valence electrons. The van der Waals surface area contributed by atoms with Crippen LogP contribution in [0.2, 0.25) is 0 Å². The van der Waals surface area contributed by atoms with Crippen molar-refractivity contribution in [2.24, 2.45) is 0 Å². The third-order valence-corrected chi connectivity index (χ3v) is 3.32. The number of amides is 1. The Balaban J connectivity index is 1.99. The van der Waals surface area contributed by atoms with Crippen molar-refractivity contribution in [3.8, 4) is 6.19 Å². The van der Waals surface area contributed by atoms with E-state index in [1.54, 1.807) is 0 Å². The second kappa shape index (κ2) is 3.49. The van der Waals surface area contributed by atoms with Crippen molar-refractivity contribution in [3.63, 3.8) is 0 Å². The van der Waals surface area contributed by atoms with Crippen LogP contribution in [0.5, 0.6) is 0 Å². The Morgan fingerprint density at radius 3 is 3.00 bits per heavy atom. The largest absolute Gasteiger partial charge is 0.351 e. The van der Waals surface area contributed by atoms with Gasteiger partial charge >= 0.3 is 0 Å². The van der Waals surface area contributed by atoms with E-state index in [-0.39, 0.29) is 18.0 Å². The van der Waals surface area contributed by atoms with Gasteiger partial charge in [-0.3, -0.25) is 4.79 Å². The molecule has 3 unspecified atom stereocenters. The molecule has 0 aromatic rings. The summed E-state index contributed by atoms with van der Waals surface area (Å²) in [4.78, 5) is 13.1. The van der Waals surface area contributed by atoms with Crippen LogP contribution in [0.1, 0.15) is 32.6 Å². The fourth-order valence-corrected chi connectivity index (χ4v) is 2.61. The normalized spacial score (nSPS) is 34.3. The van der Waals surface area contributed by atoms with Crippen LogP contribution in [-0.2, 0) is 4.79 Å². The summed E-state index contributed by atoms with van der Waals surface area (Å²) in [6.45, 7) is 1.85. The highest BCUT2D eigenvalue weighted by atomic mass is 16.1. The smallest absolute Gasteiger partial charge is 0.220 e. The summed E-state index contributed by atoms with van der Waals surface area (Å²) in [5.41, 5.74) is 0. The van der Waals surface area contributed by atoms with Crippen LogP contribution in [0.3, 0.4) is 0 Å². The Morgan fingerprint density at radius 1 is 1.64 bits per heavy atom. The lowest BCUT2D eigenvalue weighted by Crippen LogP contribution is -2.42. The molecule has 4 nitrogen and oxygen atoms in total. The monoisotopic (exact) mass is 193 g/mol. The zero-order valence-electron chi connectivity index (χ0n) is 8.36. The van der Waals surface area contributed by atoms with E-state index in [4.69, 9.17) is 5.26 Å². The molecule has 2 aliphatic heterocycles. The predicted octanol–water partition coefficient (Wildman–Crippen LogP) is 0.599. The van der Waals surface area contributed by atoms with E-state index in [0.29, 0.717) is 12.5 Å². The van der Waals surface area contributed by atoms with Crippen molar-refractivity contribution in [3.05, 3.63) is 0 Å². The molecule has 0 aromatic heterocycles. The van der Waals surface area contributed by atoms with E-state index in [0.717, 1.165) is 19.3 Å². The third kappa shape index (κ3) is 1.33. The zero-order chi connectivity index (χ0) is 10.1. The second-order valence-electron chi connectivity index (χ2n) is 4.07. The van der Waals surface area contributed by atoms with Crippen LogP contribution in [-0.4, -0.2) is 28.9 Å². The van der Waals surface area contributed by atoms with Gasteiger partial charge in [0.05, 0.1) is 12.1 Å². The molecule has 3 atom stereocenters. The van der Waals surface area contributed by atoms with Crippen molar-refractivity contribution in [2.75, 3.05) is 0 Å². The molecular weight excluding hydrogens is 178 g/mol. The summed E-state index contributed by atoms with van der Waals surface area (Å²) >= 11 is 0. The standard InChI is InChI=1S/C10H15N3O/c1-2-10(14)12-8-5-7-3-4-9(8)13(7)6-11/h7-9H,2-5H2,1H3,(H,12,14). The van der Waals surface area contributed by atoms with Crippen molar-refractivity contribution in [1.29, 1.82) is 5.26 Å². The lowest BCUT2D eigenvalue weighted by molar-refractivity contribution is -0.121. The SMILES string of the molecule is CCC(=O)NC1CC2CCC1N2C#N. The van der Waals surface area contributed by atoms with E-state index >= 15 is 0 Å². The van der Waals surface area contributed by atoms with Gasteiger partial charge < -0.3 is 10.2 Å². The highest BCUT2D eigenvalue weighted by Gasteiger charge is 2.46. The quantitative estimate of drug-likeness (QED) is 0.653. The minimum absolute atomic E-state index is 0.0976. The van der Waals surface area contributed by atoms with Crippen molar-refractivity contribution < 1.29 is 4.79 Å². The molecule has 2 heterocycles. The summed E-state index contributed by atoms with van der Waals surface area (Å²) in [6.07, 6.45) is 5.86. The van der Waals surface area contributed by atoms with Gasteiger partial charge in [0.15, 0.2) is 6.19 Å². The number of carbonyl (C=O) groups excluding carboxylic acids is 1. The van der Waals surface area contributed by atoms with Crippen molar-refractivity contribution in [2.45, 2.75) is 50.7 Å². The van der Waals surface area contributed by atoms with Gasteiger partial charge in [-0.2, -0.15) is 5.26 Å². The third-order valence-electron chi connectivity index (χ3n) is 3.32. The number of hydrogen-bond donors (Lipinski definition) is 1. The zero-order valence-corrected chi connectivity index (χ0v) is 8.36. The van der Waals surface area contributed by atoms with Crippen LogP contribution in [0.25, 0.3) is 0 Å². The van der Waals surface area contributed by atoms with Gasteiger partial charge in [0.25, 0.3) is 0 Å². The number of carbonyl (C=O) groups is 1. The van der Waals surface area contributed by atoms with Crippen molar-refractivity contribution >= 4 is 5.91 Å². The molecule has 14 heavy (non-hydrogen) atoms. The lowest BCUT2D eigenvalue weighted by Gasteiger charge is -2.21. The molecule has 0 aliphatic carbocycles. The minimum atomic E-state index is 0.0976. The van der Waals surface area contributed by atoms with Gasteiger partial charge in [-0.25, -0.2) is 0 Å². The number of nitrogens with zero attached hydrogens (tertiary/aromatic N) is 2. The average molecular weight is 193 g/mol. The Labute approximate surface area is 83.9 Å². The van der Waals surface area contributed by atoms with Crippen molar-refractivity contribution in [1.82, 2.24) is 10.2 Å². The Kier molecular flexibility index (Phi) is 2.32. The average Bonchev–Trinajstić information content (AvgIpc) is 2.73. The van der Waals surface area contributed by atoms with Crippen LogP contribution < -0.4 is 5.32 Å². The first-order chi connectivity index (χ1) is 6.76. The summed E-state index contributed by atoms with van der Waals surface area (Å²) in [5, 5.41) is 11.9. The number of nitrogens with one attached hydrogen (secondary N) is 1. The molecule has 4 heteroatoms. The van der Waals surface area contributed by atoms with E-state index < -0.39 is 0 Å². The molecule has 2 saturated heterocycles. The number of rotatable bonds is 2. The molecule has 2 rings (SSSR count). The number of nitriles is 1. The molecule has 0 spiro atoms. The fourth-order valence-electron chi connectivity index (χ4n) is 2.61. The molecule has 2 fully saturated rings. The minimum Gasteiger partial charge on any atom is -0.351 e. The van der Waals surface area contributed by atoms with Crippen LogP contribution in [0.15, 0.2) is 0 Å². The van der Waals surface area contributed by atoms with Crippen LogP contribution in [0.4, 0.5) is 0 Å². The van der Waals surface area contributed by atoms with Gasteiger partial charge in [0.1, 0.15) is 0 Å². The molecule has 1 amide bonds. The summed E-state index contributed by atoms with van der Waals surface area (Å²) in [6, 6.07) is 0.855. The van der Waals surface area contributed by atoms with E-state index in [1.165, 1.54) is 0 Å². The van der Waals surface area contributed by atoms with Gasteiger partial charge in [-0.15, -0.1) is 0 Å². The Bertz CT molecular complexity index is 284. The molecule has 0 saturated carbocycles. The molecule has 1 N–H and O–H groups in total. The molecule has 0 aromatic carbocycles. The Hall–Kier alpha value is -1.24. The van der Waals surface area contributed by atoms with Gasteiger partial charge in [-0.1, -0.05) is 6.92 Å². The maximum atomic E-state index is 11.2. The Morgan fingerprint density at radius 2 is 2.43 bits per heavy atom. The highest BCUT2D eigenvalue weighted by Crippen LogP contribution is 2.36. The second-order valence-corrected chi connectivity index (χ2v) is 4.07. The maximum Gasteiger partial charge on any atom is 0.220 e. The van der Waals surface area contributed by atoms with Gasteiger partial charge in [0.2, 0.25) is 5.91 Å². The predicted molar refractivity (Wildman–Crippen MR) is 51.1 cm³/mol. The maximum absolute atomic E-state index is 11.2. The first-order valence-electron chi connectivity index (χ1n) is 5.23. The summed E-state index contributed by atoms with van der Waals surface area (Å²) in [7, 11) is 0. The number of fused-ring (bicyclic) bond motifs is 2. The molecular formula is C10H15N3O. The summed E-state index contributed by atoms with van der Waals surface area (Å²) in [5.74, 6) is 0.0976. The first-order valence-corrected chi connectivity index (χ1v) is 5.23.